The Morgan fingerprint density at radius 2 is 1.00 bits per heavy atom. The third-order valence-electron chi connectivity index (χ3n) is 4.69. The molecule has 3 heterocycles. The lowest BCUT2D eigenvalue weighted by atomic mass is 10.2. The van der Waals surface area contributed by atoms with Crippen molar-refractivity contribution in [3.8, 4) is 0 Å². The summed E-state index contributed by atoms with van der Waals surface area (Å²) >= 11 is 0. The van der Waals surface area contributed by atoms with Gasteiger partial charge in [0.2, 0.25) is 0 Å². The van der Waals surface area contributed by atoms with Gasteiger partial charge in [-0.3, -0.25) is 20.0 Å². The number of fused-ring (bicyclic) bond motifs is 2. The van der Waals surface area contributed by atoms with E-state index < -0.39 is 0 Å². The first-order valence-corrected chi connectivity index (χ1v) is 9.59. The maximum Gasteiger partial charge on any atom is 0.0958 e. The van der Waals surface area contributed by atoms with Crippen LogP contribution in [-0.4, -0.2) is 27.4 Å². The molecule has 0 saturated heterocycles. The van der Waals surface area contributed by atoms with Crippen molar-refractivity contribution < 1.29 is 0 Å². The van der Waals surface area contributed by atoms with E-state index in [2.05, 4.69) is 24.9 Å². The molecule has 0 radical (unpaired) electrons. The topological polar surface area (TPSA) is 63.4 Å². The summed E-state index contributed by atoms with van der Waals surface area (Å²) in [7, 11) is 0. The van der Waals surface area contributed by atoms with Crippen molar-refractivity contribution in [1.82, 2.24) is 15.0 Å². The molecule has 0 atom stereocenters. The van der Waals surface area contributed by atoms with E-state index in [1.807, 2.05) is 78.9 Å². The molecule has 142 valence electrons. The lowest BCUT2D eigenvalue weighted by Crippen LogP contribution is -1.93. The van der Waals surface area contributed by atoms with Crippen LogP contribution in [0.4, 0.5) is 11.4 Å². The number of aromatic nitrogens is 3. The smallest absolute Gasteiger partial charge is 0.0958 e. The molecule has 5 rings (SSSR count). The molecule has 5 nitrogen and oxygen atoms in total. The Hall–Kier alpha value is -4.25. The molecule has 0 spiro atoms. The monoisotopic (exact) mass is 387 g/mol. The van der Waals surface area contributed by atoms with Gasteiger partial charge in [0.15, 0.2) is 0 Å². The van der Waals surface area contributed by atoms with E-state index in [4.69, 9.17) is 0 Å². The van der Waals surface area contributed by atoms with Crippen LogP contribution >= 0.6 is 0 Å². The molecule has 30 heavy (non-hydrogen) atoms. The number of benzene rings is 2. The first kappa shape index (κ1) is 17.8. The Kier molecular flexibility index (Phi) is 4.76. The number of para-hydroxylation sites is 2. The van der Waals surface area contributed by atoms with Crippen LogP contribution in [0, 0.1) is 0 Å². The Morgan fingerprint density at radius 3 is 1.53 bits per heavy atom. The largest absolute Gasteiger partial charge is 0.254 e. The van der Waals surface area contributed by atoms with Crippen molar-refractivity contribution >= 4 is 45.6 Å². The van der Waals surface area contributed by atoms with E-state index in [-0.39, 0.29) is 0 Å². The normalized spacial score (nSPS) is 11.7. The maximum atomic E-state index is 4.62. The molecular formula is C25H17N5. The zero-order valence-electron chi connectivity index (χ0n) is 16.1. The van der Waals surface area contributed by atoms with Crippen molar-refractivity contribution in [3.63, 3.8) is 0 Å². The molecular weight excluding hydrogens is 370 g/mol. The van der Waals surface area contributed by atoms with Crippen LogP contribution in [-0.2, 0) is 0 Å². The summed E-state index contributed by atoms with van der Waals surface area (Å²) < 4.78 is 0. The summed E-state index contributed by atoms with van der Waals surface area (Å²) in [4.78, 5) is 22.7. The molecule has 5 aromatic rings. The highest BCUT2D eigenvalue weighted by molar-refractivity contribution is 5.93. The van der Waals surface area contributed by atoms with Gasteiger partial charge >= 0.3 is 0 Å². The maximum absolute atomic E-state index is 4.62. The van der Waals surface area contributed by atoms with Gasteiger partial charge in [0.1, 0.15) is 0 Å². The van der Waals surface area contributed by atoms with Gasteiger partial charge < -0.3 is 0 Å². The minimum atomic E-state index is 0.753. The number of rotatable bonds is 4. The molecule has 0 bridgehead atoms. The van der Waals surface area contributed by atoms with Crippen LogP contribution < -0.4 is 0 Å². The van der Waals surface area contributed by atoms with E-state index in [0.29, 0.717) is 0 Å². The number of hydrogen-bond donors (Lipinski definition) is 0. The molecule has 2 aromatic carbocycles. The van der Waals surface area contributed by atoms with Gasteiger partial charge in [-0.2, -0.15) is 0 Å². The van der Waals surface area contributed by atoms with Gasteiger partial charge in [-0.05, 0) is 36.4 Å². The third kappa shape index (κ3) is 3.69. The Bertz CT molecular complexity index is 1290. The predicted molar refractivity (Wildman–Crippen MR) is 122 cm³/mol. The summed E-state index contributed by atoms with van der Waals surface area (Å²) in [5.41, 5.74) is 4.88. The summed E-state index contributed by atoms with van der Waals surface area (Å²) in [6.07, 6.45) is 7.05. The predicted octanol–water partition coefficient (Wildman–Crippen LogP) is 5.68. The molecule has 0 amide bonds. The van der Waals surface area contributed by atoms with Crippen LogP contribution in [0.1, 0.15) is 11.4 Å². The summed E-state index contributed by atoms with van der Waals surface area (Å²) in [5.74, 6) is 0. The lowest BCUT2D eigenvalue weighted by molar-refractivity contribution is 1.27. The number of nitrogens with zero attached hydrogens (tertiary/aromatic N) is 5. The second-order valence-corrected chi connectivity index (χ2v) is 6.71. The van der Waals surface area contributed by atoms with Crippen LogP contribution in [0.2, 0.25) is 0 Å². The van der Waals surface area contributed by atoms with Gasteiger partial charge in [-0.15, -0.1) is 0 Å². The fraction of sp³-hybridized carbons (Fsp3) is 0. The van der Waals surface area contributed by atoms with Gasteiger partial charge in [-0.1, -0.05) is 42.5 Å². The molecule has 0 aliphatic rings. The Labute approximate surface area is 173 Å². The third-order valence-corrected chi connectivity index (χ3v) is 4.69. The molecule has 5 heteroatoms. The fourth-order valence-corrected chi connectivity index (χ4v) is 3.27. The Balaban J connectivity index is 1.43. The van der Waals surface area contributed by atoms with Crippen LogP contribution in [0.25, 0.3) is 21.8 Å². The van der Waals surface area contributed by atoms with Crippen molar-refractivity contribution in [2.24, 2.45) is 9.98 Å². The van der Waals surface area contributed by atoms with E-state index in [9.17, 15) is 0 Å². The first-order valence-electron chi connectivity index (χ1n) is 9.59. The highest BCUT2D eigenvalue weighted by Crippen LogP contribution is 2.24. The molecule has 0 aliphatic heterocycles. The summed E-state index contributed by atoms with van der Waals surface area (Å²) in [6, 6.07) is 25.6. The lowest BCUT2D eigenvalue weighted by Gasteiger charge is -2.01. The zero-order valence-corrected chi connectivity index (χ0v) is 16.1. The second kappa shape index (κ2) is 8.01. The van der Waals surface area contributed by atoms with Crippen LogP contribution in [0.5, 0.6) is 0 Å². The van der Waals surface area contributed by atoms with Crippen molar-refractivity contribution in [2.45, 2.75) is 0 Å². The SMILES string of the molecule is C(=Nc1cccc2cccnc12)c1cccc(C=Nc2cccc3cccnc23)n1. The fourth-order valence-electron chi connectivity index (χ4n) is 3.27. The number of hydrogen-bond acceptors (Lipinski definition) is 5. The van der Waals surface area contributed by atoms with Crippen molar-refractivity contribution in [2.75, 3.05) is 0 Å². The number of pyridine rings is 3. The first-order chi connectivity index (χ1) is 14.9. The minimum absolute atomic E-state index is 0.753. The molecule has 3 aromatic heterocycles. The van der Waals surface area contributed by atoms with Crippen molar-refractivity contribution in [3.05, 3.63) is 103 Å². The van der Waals surface area contributed by atoms with Crippen LogP contribution in [0.3, 0.4) is 0 Å². The highest BCUT2D eigenvalue weighted by Gasteiger charge is 2.01. The summed E-state index contributed by atoms with van der Waals surface area (Å²) in [6.45, 7) is 0. The average molecular weight is 387 g/mol. The van der Waals surface area contributed by atoms with Gasteiger partial charge in [0.25, 0.3) is 0 Å². The molecule has 0 N–H and O–H groups in total. The van der Waals surface area contributed by atoms with Crippen molar-refractivity contribution in [1.29, 1.82) is 0 Å². The van der Waals surface area contributed by atoms with Crippen LogP contribution in [0.15, 0.2) is 101 Å². The van der Waals surface area contributed by atoms with Gasteiger partial charge in [-0.25, -0.2) is 4.98 Å². The molecule has 0 unspecified atom stereocenters. The molecule has 0 aliphatic carbocycles. The van der Waals surface area contributed by atoms with E-state index in [0.717, 1.165) is 44.6 Å². The number of aliphatic imine (C=N–C) groups is 2. The quantitative estimate of drug-likeness (QED) is 0.373. The highest BCUT2D eigenvalue weighted by atomic mass is 14.8. The van der Waals surface area contributed by atoms with Gasteiger partial charge in [0.05, 0.1) is 46.2 Å². The van der Waals surface area contributed by atoms with E-state index in [1.54, 1.807) is 24.8 Å². The zero-order chi connectivity index (χ0) is 20.2. The average Bonchev–Trinajstić information content (AvgIpc) is 2.81. The molecule has 0 fully saturated rings. The standard InChI is InChI=1S/C25H17N5/c1-6-18-8-4-14-26-24(18)22(12-1)28-16-20-10-3-11-21(30-20)17-29-23-13-2-7-19-9-5-15-27-25(19)23/h1-17H. The van der Waals surface area contributed by atoms with E-state index in [1.165, 1.54) is 0 Å². The van der Waals surface area contributed by atoms with Gasteiger partial charge in [0, 0.05) is 23.2 Å². The molecule has 0 saturated carbocycles. The minimum Gasteiger partial charge on any atom is -0.254 e. The summed E-state index contributed by atoms with van der Waals surface area (Å²) in [5, 5.41) is 2.12. The van der Waals surface area contributed by atoms with E-state index >= 15 is 0 Å². The Morgan fingerprint density at radius 1 is 0.533 bits per heavy atom. The second-order valence-electron chi connectivity index (χ2n) is 6.71.